The summed E-state index contributed by atoms with van der Waals surface area (Å²) < 4.78 is 6.07. The molecule has 1 heterocycles. The minimum absolute atomic E-state index is 0.0913. The van der Waals surface area contributed by atoms with Gasteiger partial charge in [-0.15, -0.1) is 10.2 Å². The fourth-order valence-corrected chi connectivity index (χ4v) is 2.32. The highest BCUT2D eigenvalue weighted by atomic mass is 79.9. The molecule has 1 unspecified atom stereocenters. The summed E-state index contributed by atoms with van der Waals surface area (Å²) in [7, 11) is 3.35. The number of methoxy groups -OCH3 is 1. The molecule has 102 valence electrons. The number of tetrazole rings is 1. The van der Waals surface area contributed by atoms with E-state index in [0.717, 1.165) is 15.8 Å². The summed E-state index contributed by atoms with van der Waals surface area (Å²) in [6.07, 6.45) is 0.559. The number of aryl methyl sites for hydroxylation is 1. The predicted octanol–water partition coefficient (Wildman–Crippen LogP) is 0.728. The second-order valence-electron chi connectivity index (χ2n) is 4.01. The van der Waals surface area contributed by atoms with Crippen LogP contribution in [0.2, 0.25) is 0 Å². The second-order valence-corrected chi connectivity index (χ2v) is 4.87. The molecule has 0 saturated carbocycles. The van der Waals surface area contributed by atoms with Crippen molar-refractivity contribution in [2.45, 2.75) is 12.5 Å². The van der Waals surface area contributed by atoms with Gasteiger partial charge in [0.2, 0.25) is 0 Å². The summed E-state index contributed by atoms with van der Waals surface area (Å²) in [5.41, 5.74) is 3.78. The molecule has 0 saturated heterocycles. The van der Waals surface area contributed by atoms with Gasteiger partial charge in [0.1, 0.15) is 5.75 Å². The van der Waals surface area contributed by atoms with Crippen molar-refractivity contribution < 1.29 is 4.74 Å². The zero-order valence-electron chi connectivity index (χ0n) is 10.7. The van der Waals surface area contributed by atoms with Gasteiger partial charge in [0.15, 0.2) is 5.82 Å². The fraction of sp³-hybridized carbons (Fsp3) is 0.364. The van der Waals surface area contributed by atoms with Crippen LogP contribution in [0.25, 0.3) is 0 Å². The lowest BCUT2D eigenvalue weighted by atomic mass is 10.0. The average Bonchev–Trinajstić information content (AvgIpc) is 2.81. The van der Waals surface area contributed by atoms with Gasteiger partial charge in [0, 0.05) is 6.42 Å². The number of hydrogen-bond donors (Lipinski definition) is 2. The third kappa shape index (κ3) is 3.28. The summed E-state index contributed by atoms with van der Waals surface area (Å²) in [4.78, 5) is 1.42. The number of ether oxygens (including phenoxy) is 1. The van der Waals surface area contributed by atoms with Gasteiger partial charge in [0.25, 0.3) is 0 Å². The number of aromatic nitrogens is 4. The molecule has 0 aliphatic carbocycles. The zero-order chi connectivity index (χ0) is 13.8. The maximum Gasteiger partial charge on any atom is 0.176 e. The molecule has 1 aromatic carbocycles. The summed E-state index contributed by atoms with van der Waals surface area (Å²) in [6, 6.07) is 5.70. The molecule has 0 aliphatic heterocycles. The summed E-state index contributed by atoms with van der Waals surface area (Å²) in [5.74, 6) is 7.01. The molecule has 3 N–H and O–H groups in total. The number of nitrogens with one attached hydrogen (secondary N) is 1. The van der Waals surface area contributed by atoms with Crippen LogP contribution in [0.5, 0.6) is 5.75 Å². The number of halogens is 1. The van der Waals surface area contributed by atoms with Crippen LogP contribution in [0, 0.1) is 0 Å². The number of nitrogens with two attached hydrogens (primary N) is 1. The molecule has 2 aromatic rings. The Morgan fingerprint density at radius 3 is 2.84 bits per heavy atom. The minimum atomic E-state index is -0.0913. The topological polar surface area (TPSA) is 90.9 Å². The largest absolute Gasteiger partial charge is 0.496 e. The van der Waals surface area contributed by atoms with E-state index in [-0.39, 0.29) is 6.04 Å². The van der Waals surface area contributed by atoms with E-state index in [2.05, 4.69) is 36.8 Å². The van der Waals surface area contributed by atoms with E-state index in [4.69, 9.17) is 10.6 Å². The Kier molecular flexibility index (Phi) is 4.46. The van der Waals surface area contributed by atoms with E-state index >= 15 is 0 Å². The second kappa shape index (κ2) is 6.09. The van der Waals surface area contributed by atoms with Crippen molar-refractivity contribution in [2.75, 3.05) is 7.11 Å². The first-order valence-corrected chi connectivity index (χ1v) is 6.45. The van der Waals surface area contributed by atoms with E-state index in [1.165, 1.54) is 4.80 Å². The standard InChI is InChI=1S/C11H15BrN6O/c1-18-16-11(15-17-18)6-9(14-13)7-3-4-10(19-2)8(12)5-7/h3-5,9,14H,6,13H2,1-2H3. The quantitative estimate of drug-likeness (QED) is 0.621. The summed E-state index contributed by atoms with van der Waals surface area (Å²) in [6.45, 7) is 0. The zero-order valence-corrected chi connectivity index (χ0v) is 12.3. The SMILES string of the molecule is COc1ccc(C(Cc2nnn(C)n2)NN)cc1Br. The highest BCUT2D eigenvalue weighted by Crippen LogP contribution is 2.28. The van der Waals surface area contributed by atoms with Crippen molar-refractivity contribution in [1.29, 1.82) is 0 Å². The molecule has 0 amide bonds. The monoisotopic (exact) mass is 326 g/mol. The van der Waals surface area contributed by atoms with E-state index in [1.54, 1.807) is 14.2 Å². The maximum atomic E-state index is 5.60. The summed E-state index contributed by atoms with van der Waals surface area (Å²) >= 11 is 3.45. The molecule has 0 fully saturated rings. The van der Waals surface area contributed by atoms with E-state index in [1.807, 2.05) is 18.2 Å². The van der Waals surface area contributed by atoms with Crippen molar-refractivity contribution in [1.82, 2.24) is 25.6 Å². The van der Waals surface area contributed by atoms with Crippen LogP contribution in [-0.4, -0.2) is 27.3 Å². The van der Waals surface area contributed by atoms with Gasteiger partial charge in [-0.3, -0.25) is 11.3 Å². The third-order valence-electron chi connectivity index (χ3n) is 2.72. The highest BCUT2D eigenvalue weighted by Gasteiger charge is 2.15. The van der Waals surface area contributed by atoms with Gasteiger partial charge >= 0.3 is 0 Å². The Labute approximate surface area is 119 Å². The van der Waals surface area contributed by atoms with Crippen LogP contribution < -0.4 is 16.0 Å². The first kappa shape index (κ1) is 13.9. The molecule has 19 heavy (non-hydrogen) atoms. The van der Waals surface area contributed by atoms with Crippen molar-refractivity contribution in [2.24, 2.45) is 12.9 Å². The Morgan fingerprint density at radius 2 is 2.32 bits per heavy atom. The average molecular weight is 327 g/mol. The molecule has 1 aromatic heterocycles. The van der Waals surface area contributed by atoms with Crippen LogP contribution in [0.4, 0.5) is 0 Å². The molecule has 7 nitrogen and oxygen atoms in total. The molecule has 0 spiro atoms. The first-order chi connectivity index (χ1) is 9.13. The van der Waals surface area contributed by atoms with Crippen LogP contribution in [0.1, 0.15) is 17.4 Å². The first-order valence-electron chi connectivity index (χ1n) is 5.66. The molecular weight excluding hydrogens is 312 g/mol. The molecule has 8 heteroatoms. The van der Waals surface area contributed by atoms with Gasteiger partial charge in [-0.05, 0) is 38.8 Å². The van der Waals surface area contributed by atoms with E-state index in [9.17, 15) is 0 Å². The number of benzene rings is 1. The normalized spacial score (nSPS) is 12.4. The number of hydrazine groups is 1. The van der Waals surface area contributed by atoms with Crippen molar-refractivity contribution in [3.63, 3.8) is 0 Å². The molecule has 0 aliphatic rings. The Bertz CT molecular complexity index is 558. The van der Waals surface area contributed by atoms with Gasteiger partial charge in [-0.2, -0.15) is 4.80 Å². The van der Waals surface area contributed by atoms with Crippen LogP contribution in [0.3, 0.4) is 0 Å². The van der Waals surface area contributed by atoms with Gasteiger partial charge in [-0.25, -0.2) is 0 Å². The smallest absolute Gasteiger partial charge is 0.176 e. The molecule has 2 rings (SSSR count). The molecular formula is C11H15BrN6O. The van der Waals surface area contributed by atoms with Crippen molar-refractivity contribution in [3.05, 3.63) is 34.1 Å². The highest BCUT2D eigenvalue weighted by molar-refractivity contribution is 9.10. The number of nitrogens with zero attached hydrogens (tertiary/aromatic N) is 4. The molecule has 1 atom stereocenters. The van der Waals surface area contributed by atoms with Crippen molar-refractivity contribution in [3.8, 4) is 5.75 Å². The minimum Gasteiger partial charge on any atom is -0.496 e. The summed E-state index contributed by atoms with van der Waals surface area (Å²) in [5, 5.41) is 11.9. The lowest BCUT2D eigenvalue weighted by Crippen LogP contribution is -2.30. The number of hydrogen-bond acceptors (Lipinski definition) is 6. The Hall–Kier alpha value is -1.51. The van der Waals surface area contributed by atoms with Crippen molar-refractivity contribution >= 4 is 15.9 Å². The predicted molar refractivity (Wildman–Crippen MR) is 73.3 cm³/mol. The van der Waals surface area contributed by atoms with E-state index in [0.29, 0.717) is 12.2 Å². The van der Waals surface area contributed by atoms with Crippen LogP contribution in [0.15, 0.2) is 22.7 Å². The Morgan fingerprint density at radius 1 is 1.53 bits per heavy atom. The lowest BCUT2D eigenvalue weighted by molar-refractivity contribution is 0.411. The van der Waals surface area contributed by atoms with Gasteiger partial charge < -0.3 is 4.74 Å². The van der Waals surface area contributed by atoms with Gasteiger partial charge in [0.05, 0.1) is 24.7 Å². The molecule has 0 bridgehead atoms. The third-order valence-corrected chi connectivity index (χ3v) is 3.34. The van der Waals surface area contributed by atoms with Gasteiger partial charge in [-0.1, -0.05) is 6.07 Å². The molecule has 0 radical (unpaired) electrons. The maximum absolute atomic E-state index is 5.60. The number of rotatable bonds is 5. The van der Waals surface area contributed by atoms with Crippen LogP contribution in [-0.2, 0) is 13.5 Å². The lowest BCUT2D eigenvalue weighted by Gasteiger charge is -2.15. The van der Waals surface area contributed by atoms with Crippen LogP contribution >= 0.6 is 15.9 Å². The fourth-order valence-electron chi connectivity index (χ4n) is 1.76. The Balaban J connectivity index is 2.19. The van der Waals surface area contributed by atoms with E-state index < -0.39 is 0 Å².